The van der Waals surface area contributed by atoms with Gasteiger partial charge in [-0.05, 0) is 92.2 Å². The lowest BCUT2D eigenvalue weighted by Crippen LogP contribution is -2.58. The van der Waals surface area contributed by atoms with Crippen LogP contribution in [-0.4, -0.2) is 61.0 Å². The molecule has 0 spiro atoms. The Labute approximate surface area is 241 Å². The maximum Gasteiger partial charge on any atom is 0.303 e. The van der Waals surface area contributed by atoms with Crippen LogP contribution in [0, 0.1) is 17.3 Å². The first-order valence-corrected chi connectivity index (χ1v) is 14.6. The first kappa shape index (κ1) is 29.4. The second kappa shape index (κ2) is 11.0. The maximum absolute atomic E-state index is 14.0. The van der Waals surface area contributed by atoms with Gasteiger partial charge in [-0.1, -0.05) is 24.6 Å². The lowest BCUT2D eigenvalue weighted by molar-refractivity contribution is -0.190. The fourth-order valence-corrected chi connectivity index (χ4v) is 8.27. The van der Waals surface area contributed by atoms with E-state index in [1.54, 1.807) is 0 Å². The number of rotatable bonds is 8. The number of nitrogens with zero attached hydrogens (tertiary/aromatic N) is 1. The molecule has 0 aliphatic heterocycles. The highest BCUT2D eigenvalue weighted by Crippen LogP contribution is 2.67. The Morgan fingerprint density at radius 1 is 1.07 bits per heavy atom. The lowest BCUT2D eigenvalue weighted by Gasteiger charge is -2.55. The van der Waals surface area contributed by atoms with Crippen molar-refractivity contribution in [3.05, 3.63) is 52.6 Å². The second-order valence-corrected chi connectivity index (χ2v) is 12.6. The monoisotopic (exact) mass is 563 g/mol. The summed E-state index contributed by atoms with van der Waals surface area (Å²) in [6.07, 6.45) is 4.71. The number of hydrogen-bond donors (Lipinski definition) is 1. The van der Waals surface area contributed by atoms with Crippen LogP contribution in [0.3, 0.4) is 0 Å². The van der Waals surface area contributed by atoms with Gasteiger partial charge in [0.15, 0.2) is 17.2 Å². The van der Waals surface area contributed by atoms with Crippen molar-refractivity contribution in [2.75, 3.05) is 25.6 Å². The number of benzene rings is 1. The van der Waals surface area contributed by atoms with Gasteiger partial charge in [0.1, 0.15) is 6.61 Å². The predicted molar refractivity (Wildman–Crippen MR) is 153 cm³/mol. The zero-order chi connectivity index (χ0) is 29.7. The molecule has 1 aromatic carbocycles. The van der Waals surface area contributed by atoms with Gasteiger partial charge in [-0.2, -0.15) is 0 Å². The van der Waals surface area contributed by atoms with E-state index in [0.717, 1.165) is 36.1 Å². The molecule has 1 N–H and O–H groups in total. The number of esters is 1. The number of fused-ring (bicyclic) bond motifs is 4. The van der Waals surface area contributed by atoms with Crippen molar-refractivity contribution in [3.63, 3.8) is 0 Å². The highest BCUT2D eigenvalue weighted by molar-refractivity contribution is 5.93. The average molecular weight is 564 g/mol. The lowest BCUT2D eigenvalue weighted by atomic mass is 9.50. The first-order chi connectivity index (χ1) is 19.4. The number of carbonyl (C=O) groups is 4. The Morgan fingerprint density at radius 3 is 2.41 bits per heavy atom. The molecule has 2 saturated carbocycles. The van der Waals surface area contributed by atoms with Gasteiger partial charge in [0.05, 0.1) is 0 Å². The molecule has 2 fully saturated rings. The van der Waals surface area contributed by atoms with E-state index in [1.807, 2.05) is 20.2 Å². The van der Waals surface area contributed by atoms with Crippen LogP contribution in [0.4, 0.5) is 5.69 Å². The Balaban J connectivity index is 1.62. The fourth-order valence-electron chi connectivity index (χ4n) is 8.27. The molecule has 6 atom stereocenters. The van der Waals surface area contributed by atoms with E-state index in [2.05, 4.69) is 36.1 Å². The molecule has 4 unspecified atom stereocenters. The summed E-state index contributed by atoms with van der Waals surface area (Å²) in [5, 5.41) is 9.95. The first-order valence-electron chi connectivity index (χ1n) is 14.6. The topological polar surface area (TPSA) is 110 Å². The molecule has 4 aliphatic carbocycles. The van der Waals surface area contributed by atoms with Gasteiger partial charge in [-0.15, -0.1) is 0 Å². The fraction of sp³-hybridized carbons (Fsp3) is 0.576. The van der Waals surface area contributed by atoms with E-state index in [-0.39, 0.29) is 23.5 Å². The number of carbonyl (C=O) groups excluding carboxylic acids is 4. The molecule has 5 rings (SSSR count). The molecular weight excluding hydrogens is 522 g/mol. The number of anilines is 1. The summed E-state index contributed by atoms with van der Waals surface area (Å²) in [4.78, 5) is 52.5. The third kappa shape index (κ3) is 4.99. The molecule has 4 aliphatic rings. The van der Waals surface area contributed by atoms with E-state index >= 15 is 0 Å². The highest BCUT2D eigenvalue weighted by atomic mass is 16.6. The minimum absolute atomic E-state index is 0.0195. The number of hydrogen-bond acceptors (Lipinski definition) is 8. The van der Waals surface area contributed by atoms with Crippen molar-refractivity contribution in [1.82, 2.24) is 0 Å². The van der Waals surface area contributed by atoms with Gasteiger partial charge in [-0.3, -0.25) is 19.2 Å². The minimum Gasteiger partial charge on any atom is -0.451 e. The Bertz CT molecular complexity index is 1330. The Hall–Kier alpha value is -3.10. The van der Waals surface area contributed by atoms with Crippen molar-refractivity contribution in [2.24, 2.45) is 17.3 Å². The summed E-state index contributed by atoms with van der Waals surface area (Å²) in [6, 6.07) is 8.50. The van der Waals surface area contributed by atoms with Gasteiger partial charge in [0, 0.05) is 44.5 Å². The molecule has 0 radical (unpaired) electrons. The quantitative estimate of drug-likeness (QED) is 0.365. The standard InChI is InChI=1S/C33H41NO7/c1-19(35)31(39)40-18-29(38)33(41-20(2)36)15-14-28-26-12-8-22-16-24(37)11-13-25(22)30(26)27(17-32(28,33)3)21-6-9-23(10-7-21)34(4)5/h6-7,9-10,16,26-28,31,39H,8,11-15,17-18H2,1-5H3/t26?,27?,28?,31?,32-,33-/m0/s1. The van der Waals surface area contributed by atoms with E-state index in [1.165, 1.54) is 25.0 Å². The van der Waals surface area contributed by atoms with Crippen LogP contribution >= 0.6 is 0 Å². The third-order valence-electron chi connectivity index (χ3n) is 10.2. The highest BCUT2D eigenvalue weighted by Gasteiger charge is 2.68. The van der Waals surface area contributed by atoms with Gasteiger partial charge in [-0.25, -0.2) is 0 Å². The summed E-state index contributed by atoms with van der Waals surface area (Å²) in [5.41, 5.74) is 3.92. The van der Waals surface area contributed by atoms with Gasteiger partial charge in [0.2, 0.25) is 12.1 Å². The van der Waals surface area contributed by atoms with Crippen LogP contribution in [0.25, 0.3) is 0 Å². The number of Topliss-reactive ketones (excluding diaryl/α,β-unsaturated/α-hetero) is 2. The molecule has 8 heteroatoms. The van der Waals surface area contributed by atoms with Gasteiger partial charge < -0.3 is 19.5 Å². The number of aliphatic hydroxyl groups is 1. The van der Waals surface area contributed by atoms with Crippen molar-refractivity contribution >= 4 is 29.0 Å². The SMILES string of the molecule is CC(=O)O[C@]1(C(=O)COC(O)C(C)=O)CCC2C3CCC4=CC(=O)CCC4=C3C(c3ccc(N(C)C)cc3)C[C@@]21C. The zero-order valence-corrected chi connectivity index (χ0v) is 24.7. The van der Waals surface area contributed by atoms with E-state index in [0.29, 0.717) is 25.7 Å². The smallest absolute Gasteiger partial charge is 0.303 e. The zero-order valence-electron chi connectivity index (χ0n) is 24.7. The van der Waals surface area contributed by atoms with Crippen LogP contribution in [0.15, 0.2) is 47.1 Å². The van der Waals surface area contributed by atoms with Crippen molar-refractivity contribution in [1.29, 1.82) is 0 Å². The molecule has 8 nitrogen and oxygen atoms in total. The van der Waals surface area contributed by atoms with E-state index in [4.69, 9.17) is 9.47 Å². The minimum atomic E-state index is -1.71. The molecular formula is C33H41NO7. The number of allylic oxidation sites excluding steroid dienone is 4. The van der Waals surface area contributed by atoms with E-state index in [9.17, 15) is 24.3 Å². The molecule has 0 aromatic heterocycles. The van der Waals surface area contributed by atoms with Crippen molar-refractivity contribution in [3.8, 4) is 0 Å². The third-order valence-corrected chi connectivity index (χ3v) is 10.2. The number of aliphatic hydroxyl groups excluding tert-OH is 1. The Morgan fingerprint density at radius 2 is 1.78 bits per heavy atom. The second-order valence-electron chi connectivity index (χ2n) is 12.6. The van der Waals surface area contributed by atoms with Crippen LogP contribution in [0.1, 0.15) is 77.2 Å². The van der Waals surface area contributed by atoms with Crippen molar-refractivity contribution in [2.45, 2.75) is 83.5 Å². The molecule has 1 aromatic rings. The van der Waals surface area contributed by atoms with Crippen LogP contribution in [0.2, 0.25) is 0 Å². The largest absolute Gasteiger partial charge is 0.451 e. The normalized spacial score (nSPS) is 31.4. The average Bonchev–Trinajstić information content (AvgIpc) is 3.22. The van der Waals surface area contributed by atoms with Crippen LogP contribution in [0.5, 0.6) is 0 Å². The molecule has 0 amide bonds. The molecule has 220 valence electrons. The predicted octanol–water partition coefficient (Wildman–Crippen LogP) is 4.45. The van der Waals surface area contributed by atoms with Crippen LogP contribution in [-0.2, 0) is 28.7 Å². The van der Waals surface area contributed by atoms with Crippen LogP contribution < -0.4 is 4.90 Å². The summed E-state index contributed by atoms with van der Waals surface area (Å²) in [5.74, 6) is -1.12. The van der Waals surface area contributed by atoms with Crippen molar-refractivity contribution < 1.29 is 33.8 Å². The van der Waals surface area contributed by atoms with Gasteiger partial charge >= 0.3 is 5.97 Å². The van der Waals surface area contributed by atoms with Gasteiger partial charge in [0.25, 0.3) is 0 Å². The summed E-state index contributed by atoms with van der Waals surface area (Å²) in [6.45, 7) is 4.07. The van der Waals surface area contributed by atoms with E-state index < -0.39 is 41.4 Å². The maximum atomic E-state index is 14.0. The summed E-state index contributed by atoms with van der Waals surface area (Å²) >= 11 is 0. The number of ketones is 3. The Kier molecular flexibility index (Phi) is 7.85. The molecule has 0 heterocycles. The molecule has 0 saturated heterocycles. The summed E-state index contributed by atoms with van der Waals surface area (Å²) in [7, 11) is 4.00. The number of ether oxygens (including phenoxy) is 2. The molecule has 41 heavy (non-hydrogen) atoms. The summed E-state index contributed by atoms with van der Waals surface area (Å²) < 4.78 is 11.3. The molecule has 0 bridgehead atoms.